The molecule has 3 heteroatoms. The van der Waals surface area contributed by atoms with Gasteiger partial charge in [-0.25, -0.2) is 0 Å². The van der Waals surface area contributed by atoms with Gasteiger partial charge in [0.25, 0.3) is 0 Å². The highest BCUT2D eigenvalue weighted by Crippen LogP contribution is 2.28. The first kappa shape index (κ1) is 13.4. The van der Waals surface area contributed by atoms with Gasteiger partial charge in [0.05, 0.1) is 7.11 Å². The standard InChI is InChI=1S/C13H21NOS/c1-4-11(2)14-9-10-16-13-8-6-5-7-12(13)15-3/h5-8,11,14H,4,9-10H2,1-3H3. The first-order valence-electron chi connectivity index (χ1n) is 5.77. The van der Waals surface area contributed by atoms with Crippen LogP contribution in [0.2, 0.25) is 0 Å². The lowest BCUT2D eigenvalue weighted by Crippen LogP contribution is -2.27. The highest BCUT2D eigenvalue weighted by atomic mass is 32.2. The maximum Gasteiger partial charge on any atom is 0.132 e. The van der Waals surface area contributed by atoms with E-state index in [-0.39, 0.29) is 0 Å². The fourth-order valence-corrected chi connectivity index (χ4v) is 2.26. The molecule has 2 nitrogen and oxygen atoms in total. The van der Waals surface area contributed by atoms with Crippen molar-refractivity contribution in [2.75, 3.05) is 19.4 Å². The summed E-state index contributed by atoms with van der Waals surface area (Å²) in [4.78, 5) is 1.22. The molecule has 0 heterocycles. The van der Waals surface area contributed by atoms with E-state index in [4.69, 9.17) is 4.74 Å². The first-order valence-corrected chi connectivity index (χ1v) is 6.75. The van der Waals surface area contributed by atoms with Crippen LogP contribution in [0.3, 0.4) is 0 Å². The number of hydrogen-bond donors (Lipinski definition) is 1. The summed E-state index contributed by atoms with van der Waals surface area (Å²) >= 11 is 1.84. The molecular formula is C13H21NOS. The predicted octanol–water partition coefficient (Wildman–Crippen LogP) is 3.18. The van der Waals surface area contributed by atoms with E-state index in [0.717, 1.165) is 18.0 Å². The molecule has 0 aliphatic heterocycles. The fraction of sp³-hybridized carbons (Fsp3) is 0.538. The first-order chi connectivity index (χ1) is 7.77. The van der Waals surface area contributed by atoms with E-state index in [1.54, 1.807) is 7.11 Å². The molecular weight excluding hydrogens is 218 g/mol. The number of hydrogen-bond acceptors (Lipinski definition) is 3. The van der Waals surface area contributed by atoms with Crippen molar-refractivity contribution in [1.82, 2.24) is 5.32 Å². The second-order valence-corrected chi connectivity index (χ2v) is 4.90. The van der Waals surface area contributed by atoms with E-state index in [1.165, 1.54) is 11.3 Å². The van der Waals surface area contributed by atoms with Crippen molar-refractivity contribution in [2.45, 2.75) is 31.2 Å². The molecule has 90 valence electrons. The van der Waals surface area contributed by atoms with Gasteiger partial charge >= 0.3 is 0 Å². The van der Waals surface area contributed by atoms with E-state index in [2.05, 4.69) is 25.2 Å². The number of thioether (sulfide) groups is 1. The lowest BCUT2D eigenvalue weighted by Gasteiger charge is -2.11. The number of ether oxygens (including phenoxy) is 1. The summed E-state index contributed by atoms with van der Waals surface area (Å²) in [5.74, 6) is 2.04. The highest BCUT2D eigenvalue weighted by Gasteiger charge is 2.02. The van der Waals surface area contributed by atoms with Crippen molar-refractivity contribution < 1.29 is 4.74 Å². The Morgan fingerprint density at radius 3 is 2.81 bits per heavy atom. The summed E-state index contributed by atoms with van der Waals surface area (Å²) in [5, 5.41) is 3.48. The number of nitrogens with one attached hydrogen (secondary N) is 1. The monoisotopic (exact) mass is 239 g/mol. The van der Waals surface area contributed by atoms with Crippen molar-refractivity contribution in [3.8, 4) is 5.75 Å². The molecule has 1 unspecified atom stereocenters. The number of rotatable bonds is 7. The smallest absolute Gasteiger partial charge is 0.132 e. The van der Waals surface area contributed by atoms with Crippen molar-refractivity contribution in [3.63, 3.8) is 0 Å². The Balaban J connectivity index is 2.31. The molecule has 1 atom stereocenters. The van der Waals surface area contributed by atoms with Crippen LogP contribution < -0.4 is 10.1 Å². The zero-order chi connectivity index (χ0) is 11.8. The average molecular weight is 239 g/mol. The topological polar surface area (TPSA) is 21.3 Å². The van der Waals surface area contributed by atoms with Gasteiger partial charge in [0.2, 0.25) is 0 Å². The zero-order valence-electron chi connectivity index (χ0n) is 10.3. The molecule has 0 amide bonds. The highest BCUT2D eigenvalue weighted by molar-refractivity contribution is 7.99. The third kappa shape index (κ3) is 4.45. The van der Waals surface area contributed by atoms with E-state index in [9.17, 15) is 0 Å². The largest absolute Gasteiger partial charge is 0.496 e. The summed E-state index contributed by atoms with van der Waals surface area (Å²) in [6.45, 7) is 5.45. The minimum absolute atomic E-state index is 0.610. The second-order valence-electron chi connectivity index (χ2n) is 3.76. The van der Waals surface area contributed by atoms with Gasteiger partial charge in [0.1, 0.15) is 5.75 Å². The average Bonchev–Trinajstić information content (AvgIpc) is 2.34. The molecule has 0 bridgehead atoms. The van der Waals surface area contributed by atoms with Crippen molar-refractivity contribution in [3.05, 3.63) is 24.3 Å². The third-order valence-corrected chi connectivity index (χ3v) is 3.59. The maximum atomic E-state index is 5.30. The van der Waals surface area contributed by atoms with E-state index < -0.39 is 0 Å². The molecule has 0 radical (unpaired) electrons. The molecule has 1 aromatic rings. The molecule has 0 fully saturated rings. The second kappa shape index (κ2) is 7.58. The van der Waals surface area contributed by atoms with Gasteiger partial charge < -0.3 is 10.1 Å². The Kier molecular flexibility index (Phi) is 6.34. The molecule has 16 heavy (non-hydrogen) atoms. The summed E-state index contributed by atoms with van der Waals surface area (Å²) in [7, 11) is 1.72. The van der Waals surface area contributed by atoms with Crippen LogP contribution in [0.25, 0.3) is 0 Å². The lowest BCUT2D eigenvalue weighted by atomic mass is 10.3. The summed E-state index contributed by atoms with van der Waals surface area (Å²) in [6.07, 6.45) is 1.18. The van der Waals surface area contributed by atoms with Crippen LogP contribution in [0, 0.1) is 0 Å². The lowest BCUT2D eigenvalue weighted by molar-refractivity contribution is 0.405. The van der Waals surface area contributed by atoms with Crippen LogP contribution in [-0.2, 0) is 0 Å². The predicted molar refractivity (Wildman–Crippen MR) is 71.5 cm³/mol. The zero-order valence-corrected chi connectivity index (χ0v) is 11.1. The van der Waals surface area contributed by atoms with E-state index in [1.807, 2.05) is 30.0 Å². The normalized spacial score (nSPS) is 12.4. The van der Waals surface area contributed by atoms with Crippen LogP contribution in [0.4, 0.5) is 0 Å². The number of para-hydroxylation sites is 1. The van der Waals surface area contributed by atoms with Crippen LogP contribution in [0.5, 0.6) is 5.75 Å². The van der Waals surface area contributed by atoms with Crippen molar-refractivity contribution in [2.24, 2.45) is 0 Å². The quantitative estimate of drug-likeness (QED) is 0.583. The minimum atomic E-state index is 0.610. The van der Waals surface area contributed by atoms with E-state index in [0.29, 0.717) is 6.04 Å². The summed E-state index contributed by atoms with van der Waals surface area (Å²) in [6, 6.07) is 8.77. The summed E-state index contributed by atoms with van der Waals surface area (Å²) in [5.41, 5.74) is 0. The van der Waals surface area contributed by atoms with Crippen LogP contribution in [-0.4, -0.2) is 25.4 Å². The molecule has 0 saturated carbocycles. The molecule has 1 aromatic carbocycles. The fourth-order valence-electron chi connectivity index (χ4n) is 1.35. The van der Waals surface area contributed by atoms with Gasteiger partial charge in [-0.3, -0.25) is 0 Å². The number of methoxy groups -OCH3 is 1. The van der Waals surface area contributed by atoms with Crippen LogP contribution in [0.15, 0.2) is 29.2 Å². The van der Waals surface area contributed by atoms with Crippen LogP contribution in [0.1, 0.15) is 20.3 Å². The van der Waals surface area contributed by atoms with E-state index >= 15 is 0 Å². The van der Waals surface area contributed by atoms with Crippen molar-refractivity contribution >= 4 is 11.8 Å². The minimum Gasteiger partial charge on any atom is -0.496 e. The molecule has 0 aromatic heterocycles. The van der Waals surface area contributed by atoms with Gasteiger partial charge in [0.15, 0.2) is 0 Å². The molecule has 0 spiro atoms. The van der Waals surface area contributed by atoms with Gasteiger partial charge in [0, 0.05) is 23.2 Å². The van der Waals surface area contributed by atoms with Crippen LogP contribution >= 0.6 is 11.8 Å². The molecule has 0 aliphatic rings. The number of benzene rings is 1. The Bertz CT molecular complexity index is 304. The Morgan fingerprint density at radius 1 is 1.38 bits per heavy atom. The Labute approximate surface area is 103 Å². The molecule has 1 rings (SSSR count). The SMILES string of the molecule is CCC(C)NCCSc1ccccc1OC. The van der Waals surface area contributed by atoms with Gasteiger partial charge in [-0.15, -0.1) is 11.8 Å². The Morgan fingerprint density at radius 2 is 2.12 bits per heavy atom. The van der Waals surface area contributed by atoms with Gasteiger partial charge in [-0.2, -0.15) is 0 Å². The summed E-state index contributed by atoms with van der Waals surface area (Å²) < 4.78 is 5.30. The Hall–Kier alpha value is -0.670. The van der Waals surface area contributed by atoms with Crippen molar-refractivity contribution in [1.29, 1.82) is 0 Å². The van der Waals surface area contributed by atoms with Gasteiger partial charge in [-0.05, 0) is 25.5 Å². The van der Waals surface area contributed by atoms with Gasteiger partial charge in [-0.1, -0.05) is 19.1 Å². The molecule has 0 saturated heterocycles. The maximum absolute atomic E-state index is 5.30. The molecule has 1 N–H and O–H groups in total. The molecule has 0 aliphatic carbocycles. The third-order valence-electron chi connectivity index (χ3n) is 2.53.